The molecule has 0 radical (unpaired) electrons. The zero-order chi connectivity index (χ0) is 16.7. The number of carbonyl (C=O) groups is 1. The van der Waals surface area contributed by atoms with Gasteiger partial charge in [-0.2, -0.15) is 0 Å². The average molecular weight is 311 g/mol. The summed E-state index contributed by atoms with van der Waals surface area (Å²) in [5.74, 6) is 0.784. The topological polar surface area (TPSA) is 45.2 Å². The number of benzene rings is 1. The molecule has 0 spiro atoms. The lowest BCUT2D eigenvalue weighted by Crippen LogP contribution is -2.36. The number of amides is 1. The van der Waals surface area contributed by atoms with E-state index in [9.17, 15) is 4.79 Å². The second-order valence-electron chi connectivity index (χ2n) is 5.87. The van der Waals surface area contributed by atoms with Crippen LogP contribution in [0.4, 0.5) is 5.82 Å². The standard InChI is InChI=1S/C19H25N3O/c1-4-11-20-18-13-17(10-12-21-18)19(23)22(15(2)3)14-16-8-6-5-7-9-16/h5-10,12-13,15H,4,11,14H2,1-3H3,(H,20,21). The van der Waals surface area contributed by atoms with E-state index in [-0.39, 0.29) is 11.9 Å². The number of rotatable bonds is 7. The van der Waals surface area contributed by atoms with Crippen molar-refractivity contribution in [1.29, 1.82) is 0 Å². The number of nitrogens with zero attached hydrogens (tertiary/aromatic N) is 2. The van der Waals surface area contributed by atoms with Crippen LogP contribution in [0.5, 0.6) is 0 Å². The van der Waals surface area contributed by atoms with Gasteiger partial charge in [-0.05, 0) is 38.0 Å². The van der Waals surface area contributed by atoms with E-state index in [0.29, 0.717) is 12.1 Å². The lowest BCUT2D eigenvalue weighted by Gasteiger charge is -2.27. The predicted octanol–water partition coefficient (Wildman–Crippen LogP) is 3.95. The van der Waals surface area contributed by atoms with E-state index in [1.54, 1.807) is 12.3 Å². The maximum Gasteiger partial charge on any atom is 0.254 e. The molecule has 4 nitrogen and oxygen atoms in total. The summed E-state index contributed by atoms with van der Waals surface area (Å²) in [7, 11) is 0. The lowest BCUT2D eigenvalue weighted by atomic mass is 10.1. The van der Waals surface area contributed by atoms with Crippen LogP contribution in [0.1, 0.15) is 43.1 Å². The van der Waals surface area contributed by atoms with Gasteiger partial charge in [-0.15, -0.1) is 0 Å². The number of anilines is 1. The van der Waals surface area contributed by atoms with Crippen LogP contribution in [0.25, 0.3) is 0 Å². The van der Waals surface area contributed by atoms with Gasteiger partial charge in [0.05, 0.1) is 0 Å². The molecule has 0 aliphatic carbocycles. The van der Waals surface area contributed by atoms with E-state index < -0.39 is 0 Å². The fourth-order valence-corrected chi connectivity index (χ4v) is 2.35. The summed E-state index contributed by atoms with van der Waals surface area (Å²) in [5.41, 5.74) is 1.80. The Hall–Kier alpha value is -2.36. The molecule has 1 heterocycles. The van der Waals surface area contributed by atoms with Gasteiger partial charge in [-0.1, -0.05) is 37.3 Å². The van der Waals surface area contributed by atoms with Gasteiger partial charge in [-0.3, -0.25) is 4.79 Å². The molecule has 0 saturated carbocycles. The van der Waals surface area contributed by atoms with E-state index in [1.165, 1.54) is 0 Å². The largest absolute Gasteiger partial charge is 0.370 e. The highest BCUT2D eigenvalue weighted by molar-refractivity contribution is 5.95. The molecule has 0 aliphatic rings. The van der Waals surface area contributed by atoms with Gasteiger partial charge < -0.3 is 10.2 Å². The van der Waals surface area contributed by atoms with E-state index in [4.69, 9.17) is 0 Å². The minimum absolute atomic E-state index is 0.0331. The highest BCUT2D eigenvalue weighted by Crippen LogP contribution is 2.15. The smallest absolute Gasteiger partial charge is 0.254 e. The molecule has 1 aromatic heterocycles. The van der Waals surface area contributed by atoms with Gasteiger partial charge >= 0.3 is 0 Å². The van der Waals surface area contributed by atoms with Crippen LogP contribution < -0.4 is 5.32 Å². The van der Waals surface area contributed by atoms with E-state index >= 15 is 0 Å². The first-order valence-electron chi connectivity index (χ1n) is 8.16. The Morgan fingerprint density at radius 1 is 1.22 bits per heavy atom. The Kier molecular flexibility index (Phi) is 6.15. The van der Waals surface area contributed by atoms with Gasteiger partial charge in [0.2, 0.25) is 0 Å². The van der Waals surface area contributed by atoms with Crippen molar-refractivity contribution in [2.24, 2.45) is 0 Å². The molecular formula is C19H25N3O. The number of carbonyl (C=O) groups excluding carboxylic acids is 1. The zero-order valence-electron chi connectivity index (χ0n) is 14.1. The molecular weight excluding hydrogens is 286 g/mol. The van der Waals surface area contributed by atoms with Crippen molar-refractivity contribution in [1.82, 2.24) is 9.88 Å². The summed E-state index contributed by atoms with van der Waals surface area (Å²) in [6, 6.07) is 13.8. The molecule has 0 saturated heterocycles. The average Bonchev–Trinajstić information content (AvgIpc) is 2.58. The van der Waals surface area contributed by atoms with Crippen LogP contribution in [0, 0.1) is 0 Å². The molecule has 1 N–H and O–H groups in total. The van der Waals surface area contributed by atoms with Gasteiger partial charge in [0.15, 0.2) is 0 Å². The fourth-order valence-electron chi connectivity index (χ4n) is 2.35. The summed E-state index contributed by atoms with van der Waals surface area (Å²) >= 11 is 0. The predicted molar refractivity (Wildman–Crippen MR) is 94.5 cm³/mol. The van der Waals surface area contributed by atoms with Crippen molar-refractivity contribution in [3.05, 3.63) is 59.8 Å². The highest BCUT2D eigenvalue weighted by atomic mass is 16.2. The summed E-state index contributed by atoms with van der Waals surface area (Å²) in [6.45, 7) is 7.64. The maximum atomic E-state index is 12.9. The van der Waals surface area contributed by atoms with Crippen molar-refractivity contribution >= 4 is 11.7 Å². The number of hydrogen-bond donors (Lipinski definition) is 1. The van der Waals surface area contributed by atoms with Crippen molar-refractivity contribution in [2.45, 2.75) is 39.8 Å². The van der Waals surface area contributed by atoms with Crippen molar-refractivity contribution in [2.75, 3.05) is 11.9 Å². The first kappa shape index (κ1) is 17.0. The first-order valence-corrected chi connectivity index (χ1v) is 8.16. The summed E-state index contributed by atoms with van der Waals surface area (Å²) in [4.78, 5) is 19.0. The number of nitrogens with one attached hydrogen (secondary N) is 1. The van der Waals surface area contributed by atoms with Crippen LogP contribution in [0.3, 0.4) is 0 Å². The third kappa shape index (κ3) is 4.81. The molecule has 4 heteroatoms. The van der Waals surface area contributed by atoms with Gasteiger partial charge in [0.1, 0.15) is 5.82 Å². The Labute approximate surface area is 138 Å². The van der Waals surface area contributed by atoms with Gasteiger partial charge in [0, 0.05) is 30.9 Å². The van der Waals surface area contributed by atoms with Gasteiger partial charge in [0.25, 0.3) is 5.91 Å². The summed E-state index contributed by atoms with van der Waals surface area (Å²) < 4.78 is 0. The third-order valence-corrected chi connectivity index (χ3v) is 3.64. The van der Waals surface area contributed by atoms with Crippen molar-refractivity contribution in [3.8, 4) is 0 Å². The molecule has 2 aromatic rings. The van der Waals surface area contributed by atoms with Crippen LogP contribution in [0.15, 0.2) is 48.7 Å². The normalized spacial score (nSPS) is 10.6. The molecule has 0 fully saturated rings. The minimum atomic E-state index is 0.0331. The fraction of sp³-hybridized carbons (Fsp3) is 0.368. The SMILES string of the molecule is CCCNc1cc(C(=O)N(Cc2ccccc2)C(C)C)ccn1. The van der Waals surface area contributed by atoms with Crippen LogP contribution in [0.2, 0.25) is 0 Å². The molecule has 2 rings (SSSR count). The second-order valence-corrected chi connectivity index (χ2v) is 5.87. The molecule has 1 aromatic carbocycles. The van der Waals surface area contributed by atoms with Crippen molar-refractivity contribution < 1.29 is 4.79 Å². The van der Waals surface area contributed by atoms with Crippen LogP contribution in [-0.4, -0.2) is 28.4 Å². The highest BCUT2D eigenvalue weighted by Gasteiger charge is 2.19. The van der Waals surface area contributed by atoms with Crippen molar-refractivity contribution in [3.63, 3.8) is 0 Å². The lowest BCUT2D eigenvalue weighted by molar-refractivity contribution is 0.0690. The molecule has 0 bridgehead atoms. The summed E-state index contributed by atoms with van der Waals surface area (Å²) in [5, 5.41) is 3.23. The Bertz CT molecular complexity index is 626. The maximum absolute atomic E-state index is 12.9. The monoisotopic (exact) mass is 311 g/mol. The van der Waals surface area contributed by atoms with Crippen LogP contribution >= 0.6 is 0 Å². The molecule has 0 atom stereocenters. The number of pyridine rings is 1. The van der Waals surface area contributed by atoms with E-state index in [2.05, 4.69) is 17.2 Å². The minimum Gasteiger partial charge on any atom is -0.370 e. The first-order chi connectivity index (χ1) is 11.1. The third-order valence-electron chi connectivity index (χ3n) is 3.64. The molecule has 1 amide bonds. The quantitative estimate of drug-likeness (QED) is 0.842. The Morgan fingerprint density at radius 3 is 2.61 bits per heavy atom. The number of aromatic nitrogens is 1. The van der Waals surface area contributed by atoms with Gasteiger partial charge in [-0.25, -0.2) is 4.98 Å². The summed E-state index contributed by atoms with van der Waals surface area (Å²) in [6.07, 6.45) is 2.71. The molecule has 0 unspecified atom stereocenters. The Balaban J connectivity index is 2.17. The molecule has 0 aliphatic heterocycles. The molecule has 122 valence electrons. The van der Waals surface area contributed by atoms with E-state index in [1.807, 2.05) is 55.1 Å². The van der Waals surface area contributed by atoms with Crippen LogP contribution in [-0.2, 0) is 6.54 Å². The Morgan fingerprint density at radius 2 is 1.96 bits per heavy atom. The second kappa shape index (κ2) is 8.32. The molecule has 23 heavy (non-hydrogen) atoms. The zero-order valence-corrected chi connectivity index (χ0v) is 14.1. The number of hydrogen-bond acceptors (Lipinski definition) is 3. The van der Waals surface area contributed by atoms with E-state index in [0.717, 1.165) is 24.3 Å².